The number of anilines is 1. The molecule has 128 valence electrons. The molecule has 2 unspecified atom stereocenters. The van der Waals surface area contributed by atoms with Gasteiger partial charge in [-0.05, 0) is 61.4 Å². The third-order valence-corrected chi connectivity index (χ3v) is 4.24. The fourth-order valence-corrected chi connectivity index (χ4v) is 2.76. The number of hydrogen-bond acceptors (Lipinski definition) is 6. The number of ether oxygens (including phenoxy) is 1. The van der Waals surface area contributed by atoms with Crippen LogP contribution in [0.25, 0.3) is 0 Å². The maximum absolute atomic E-state index is 12.1. The lowest BCUT2D eigenvalue weighted by Gasteiger charge is -2.37. The highest BCUT2D eigenvalue weighted by Crippen LogP contribution is 2.22. The molecule has 0 bridgehead atoms. The summed E-state index contributed by atoms with van der Waals surface area (Å²) in [6, 6.07) is -0.215. The normalized spacial score (nSPS) is 21.9. The van der Waals surface area contributed by atoms with E-state index in [2.05, 4.69) is 37.9 Å². The van der Waals surface area contributed by atoms with Gasteiger partial charge in [-0.15, -0.1) is 0 Å². The van der Waals surface area contributed by atoms with E-state index >= 15 is 0 Å². The van der Waals surface area contributed by atoms with Gasteiger partial charge in [0.2, 0.25) is 5.28 Å². The summed E-state index contributed by atoms with van der Waals surface area (Å²) in [6.45, 7) is 6.16. The molecular formula is C14H20ClIN4O3. The summed E-state index contributed by atoms with van der Waals surface area (Å²) in [5, 5.41) is 13.6. The van der Waals surface area contributed by atoms with Gasteiger partial charge in [0.15, 0.2) is 0 Å². The second-order valence-corrected chi connectivity index (χ2v) is 7.87. The predicted molar refractivity (Wildman–Crippen MR) is 95.6 cm³/mol. The van der Waals surface area contributed by atoms with Crippen molar-refractivity contribution in [3.63, 3.8) is 0 Å². The highest BCUT2D eigenvalue weighted by Gasteiger charge is 2.32. The summed E-state index contributed by atoms with van der Waals surface area (Å²) in [5.41, 5.74) is -0.551. The molecule has 0 spiro atoms. The van der Waals surface area contributed by atoms with Gasteiger partial charge in [0.05, 0.1) is 22.3 Å². The molecule has 2 heterocycles. The number of aromatic nitrogens is 2. The van der Waals surface area contributed by atoms with E-state index in [1.165, 1.54) is 4.90 Å². The van der Waals surface area contributed by atoms with Crippen LogP contribution in [0.1, 0.15) is 27.2 Å². The molecule has 0 saturated carbocycles. The minimum atomic E-state index is -0.721. The minimum Gasteiger partial charge on any atom is -0.444 e. The van der Waals surface area contributed by atoms with Crippen LogP contribution in [0.4, 0.5) is 10.6 Å². The van der Waals surface area contributed by atoms with E-state index in [-0.39, 0.29) is 17.9 Å². The molecule has 1 aromatic rings. The van der Waals surface area contributed by atoms with E-state index in [0.29, 0.717) is 18.8 Å². The first-order valence-electron chi connectivity index (χ1n) is 7.26. The number of likely N-dealkylation sites (tertiary alicyclic amines) is 1. The van der Waals surface area contributed by atoms with Crippen LogP contribution in [0.2, 0.25) is 5.28 Å². The zero-order chi connectivity index (χ0) is 17.2. The van der Waals surface area contributed by atoms with E-state index in [9.17, 15) is 9.90 Å². The Labute approximate surface area is 153 Å². The van der Waals surface area contributed by atoms with Crippen LogP contribution in [0.5, 0.6) is 0 Å². The summed E-state index contributed by atoms with van der Waals surface area (Å²) in [6.07, 6.45) is 1.06. The third-order valence-electron chi connectivity index (χ3n) is 3.27. The molecule has 1 aliphatic rings. The van der Waals surface area contributed by atoms with Crippen molar-refractivity contribution in [1.29, 1.82) is 0 Å². The largest absolute Gasteiger partial charge is 0.444 e. The van der Waals surface area contributed by atoms with Crippen molar-refractivity contribution in [2.24, 2.45) is 0 Å². The van der Waals surface area contributed by atoms with E-state index < -0.39 is 17.8 Å². The molecule has 0 aromatic carbocycles. The molecule has 1 fully saturated rings. The van der Waals surface area contributed by atoms with E-state index in [1.807, 2.05) is 20.8 Å². The molecule has 1 aliphatic heterocycles. The molecular weight excluding hydrogens is 435 g/mol. The molecule has 7 nitrogen and oxygen atoms in total. The molecule has 2 rings (SSSR count). The number of nitrogens with one attached hydrogen (secondary N) is 1. The predicted octanol–water partition coefficient (Wildman–Crippen LogP) is 2.52. The number of carbonyl (C=O) groups is 1. The molecule has 1 amide bonds. The Balaban J connectivity index is 1.96. The number of nitrogens with zero attached hydrogens (tertiary/aromatic N) is 3. The van der Waals surface area contributed by atoms with Crippen LogP contribution >= 0.6 is 34.2 Å². The maximum atomic E-state index is 12.1. The number of piperidine rings is 1. The summed E-state index contributed by atoms with van der Waals surface area (Å²) in [4.78, 5) is 21.6. The average molecular weight is 455 g/mol. The SMILES string of the molecule is CC(C)(C)OC(=O)N1CCC(Nc2nc(Cl)ncc2I)C(O)C1. The lowest BCUT2D eigenvalue weighted by atomic mass is 10.0. The van der Waals surface area contributed by atoms with E-state index in [4.69, 9.17) is 16.3 Å². The van der Waals surface area contributed by atoms with Gasteiger partial charge in [-0.2, -0.15) is 4.98 Å². The number of aliphatic hydroxyl groups excluding tert-OH is 1. The fraction of sp³-hybridized carbons (Fsp3) is 0.643. The molecule has 1 saturated heterocycles. The first-order valence-corrected chi connectivity index (χ1v) is 8.72. The lowest BCUT2D eigenvalue weighted by molar-refractivity contribution is 0.00116. The molecule has 2 N–H and O–H groups in total. The van der Waals surface area contributed by atoms with Crippen molar-refractivity contribution in [2.45, 2.75) is 44.9 Å². The minimum absolute atomic E-state index is 0.147. The van der Waals surface area contributed by atoms with Gasteiger partial charge in [0.25, 0.3) is 0 Å². The number of rotatable bonds is 2. The van der Waals surface area contributed by atoms with Crippen LogP contribution in [0, 0.1) is 3.57 Å². The number of amides is 1. The number of halogens is 2. The third kappa shape index (κ3) is 5.32. The van der Waals surface area contributed by atoms with Crippen LogP contribution in [0.3, 0.4) is 0 Å². The molecule has 9 heteroatoms. The highest BCUT2D eigenvalue weighted by atomic mass is 127. The number of aliphatic hydroxyl groups is 1. The zero-order valence-corrected chi connectivity index (χ0v) is 16.1. The van der Waals surface area contributed by atoms with Crippen LogP contribution in [-0.4, -0.2) is 56.9 Å². The second kappa shape index (κ2) is 7.35. The Morgan fingerprint density at radius 2 is 2.26 bits per heavy atom. The number of carbonyl (C=O) groups excluding carboxylic acids is 1. The van der Waals surface area contributed by atoms with Crippen molar-refractivity contribution in [3.05, 3.63) is 15.1 Å². The van der Waals surface area contributed by atoms with Crippen LogP contribution in [0.15, 0.2) is 6.20 Å². The van der Waals surface area contributed by atoms with Crippen molar-refractivity contribution >= 4 is 46.1 Å². The van der Waals surface area contributed by atoms with E-state index in [1.54, 1.807) is 6.20 Å². The lowest BCUT2D eigenvalue weighted by Crippen LogP contribution is -2.52. The Morgan fingerprint density at radius 3 is 2.87 bits per heavy atom. The molecule has 2 atom stereocenters. The summed E-state index contributed by atoms with van der Waals surface area (Å²) < 4.78 is 6.14. The van der Waals surface area contributed by atoms with E-state index in [0.717, 1.165) is 3.57 Å². The quantitative estimate of drug-likeness (QED) is 0.527. The Bertz CT molecular complexity index is 582. The number of hydrogen-bond donors (Lipinski definition) is 2. The van der Waals surface area contributed by atoms with Gasteiger partial charge in [-0.3, -0.25) is 0 Å². The number of β-amino-alcohol motifs (C(OH)–C–C–N with tert-alkyl or cyclic N) is 1. The highest BCUT2D eigenvalue weighted by molar-refractivity contribution is 14.1. The average Bonchev–Trinajstić information content (AvgIpc) is 2.43. The summed E-state index contributed by atoms with van der Waals surface area (Å²) in [5.74, 6) is 0.584. The fourth-order valence-electron chi connectivity index (χ4n) is 2.21. The zero-order valence-electron chi connectivity index (χ0n) is 13.2. The smallest absolute Gasteiger partial charge is 0.410 e. The van der Waals surface area contributed by atoms with Gasteiger partial charge < -0.3 is 20.1 Å². The van der Waals surface area contributed by atoms with Gasteiger partial charge in [-0.25, -0.2) is 9.78 Å². The van der Waals surface area contributed by atoms with Crippen LogP contribution < -0.4 is 5.32 Å². The second-order valence-electron chi connectivity index (χ2n) is 6.37. The molecule has 23 heavy (non-hydrogen) atoms. The first-order chi connectivity index (χ1) is 10.7. The molecule has 1 aromatic heterocycles. The van der Waals surface area contributed by atoms with Crippen molar-refractivity contribution in [3.8, 4) is 0 Å². The van der Waals surface area contributed by atoms with Crippen molar-refractivity contribution in [1.82, 2.24) is 14.9 Å². The Kier molecular flexibility index (Phi) is 5.90. The first kappa shape index (κ1) is 18.5. The van der Waals surface area contributed by atoms with Gasteiger partial charge >= 0.3 is 6.09 Å². The Morgan fingerprint density at radius 1 is 1.57 bits per heavy atom. The van der Waals surface area contributed by atoms with Gasteiger partial charge in [-0.1, -0.05) is 0 Å². The molecule has 0 radical (unpaired) electrons. The summed E-state index contributed by atoms with van der Waals surface area (Å²) >= 11 is 7.90. The molecule has 0 aliphatic carbocycles. The summed E-state index contributed by atoms with van der Waals surface area (Å²) in [7, 11) is 0. The van der Waals surface area contributed by atoms with Gasteiger partial charge in [0, 0.05) is 12.7 Å². The maximum Gasteiger partial charge on any atom is 0.410 e. The van der Waals surface area contributed by atoms with Gasteiger partial charge in [0.1, 0.15) is 11.4 Å². The standard InChI is InChI=1S/C14H20ClIN4O3/c1-14(2,3)23-13(22)20-5-4-9(10(21)7-20)18-11-8(16)6-17-12(15)19-11/h6,9-10,21H,4-5,7H2,1-3H3,(H,17,18,19). The topological polar surface area (TPSA) is 87.6 Å². The Hall–Kier alpha value is -0.870. The van der Waals surface area contributed by atoms with Crippen molar-refractivity contribution < 1.29 is 14.6 Å². The van der Waals surface area contributed by atoms with Crippen molar-refractivity contribution in [2.75, 3.05) is 18.4 Å². The van der Waals surface area contributed by atoms with Crippen LogP contribution in [-0.2, 0) is 4.74 Å². The monoisotopic (exact) mass is 454 g/mol.